The molecule has 0 fully saturated rings. The fourth-order valence-corrected chi connectivity index (χ4v) is 5.70. The lowest BCUT2D eigenvalue weighted by Gasteiger charge is -2.20. The lowest BCUT2D eigenvalue weighted by Crippen LogP contribution is -2.17. The van der Waals surface area contributed by atoms with Crippen LogP contribution >= 0.6 is 8.15 Å². The molecule has 1 atom stereocenters. The summed E-state index contributed by atoms with van der Waals surface area (Å²) in [4.78, 5) is 26.8. The zero-order valence-corrected chi connectivity index (χ0v) is 19.3. The van der Waals surface area contributed by atoms with Crippen molar-refractivity contribution in [2.75, 3.05) is 0 Å². The van der Waals surface area contributed by atoms with E-state index in [2.05, 4.69) is 0 Å². The van der Waals surface area contributed by atoms with Crippen molar-refractivity contribution in [2.24, 2.45) is 0 Å². The van der Waals surface area contributed by atoms with Crippen molar-refractivity contribution in [2.45, 2.75) is 41.5 Å². The van der Waals surface area contributed by atoms with Gasteiger partial charge in [-0.1, -0.05) is 65.7 Å². The van der Waals surface area contributed by atoms with Gasteiger partial charge in [0, 0.05) is 10.9 Å². The number of hydrogen-bond acceptors (Lipinski definition) is 3. The van der Waals surface area contributed by atoms with E-state index in [9.17, 15) is 9.59 Å². The molecule has 0 aliphatic rings. The molecular weight excluding hydrogens is 391 g/mol. The molecule has 0 radical (unpaired) electrons. The summed E-state index contributed by atoms with van der Waals surface area (Å²) in [7, 11) is -1.82. The van der Waals surface area contributed by atoms with E-state index >= 15 is 0 Å². The Hall–Kier alpha value is -2.77. The highest BCUT2D eigenvalue weighted by Crippen LogP contribution is 2.43. The zero-order chi connectivity index (χ0) is 22.0. The summed E-state index contributed by atoms with van der Waals surface area (Å²) >= 11 is 0. The second-order valence-electron chi connectivity index (χ2n) is 7.86. The van der Waals surface area contributed by atoms with Crippen LogP contribution in [0.4, 0.5) is 0 Å². The van der Waals surface area contributed by atoms with Gasteiger partial charge in [0.2, 0.25) is 5.52 Å². The molecule has 0 aromatic heterocycles. The summed E-state index contributed by atoms with van der Waals surface area (Å²) in [5.41, 5.74) is 6.75. The van der Waals surface area contributed by atoms with Crippen LogP contribution in [0.3, 0.4) is 0 Å². The summed E-state index contributed by atoms with van der Waals surface area (Å²) in [6.07, 6.45) is 0. The number of aryl methyl sites for hydroxylation is 6. The minimum absolute atomic E-state index is 0.137. The molecule has 0 heterocycles. The van der Waals surface area contributed by atoms with Gasteiger partial charge in [-0.25, -0.2) is 4.79 Å². The molecule has 3 aromatic rings. The minimum atomic E-state index is -1.82. The second-order valence-corrected chi connectivity index (χ2v) is 9.56. The van der Waals surface area contributed by atoms with Crippen molar-refractivity contribution < 1.29 is 14.1 Å². The van der Waals surface area contributed by atoms with Gasteiger partial charge >= 0.3 is 5.97 Å². The Morgan fingerprint density at radius 3 is 1.57 bits per heavy atom. The van der Waals surface area contributed by atoms with Crippen LogP contribution < -0.4 is 5.30 Å². The first-order valence-corrected chi connectivity index (χ1v) is 11.2. The number of carbonyl (C=O) groups excluding carboxylic acids is 2. The van der Waals surface area contributed by atoms with E-state index in [0.29, 0.717) is 11.1 Å². The summed E-state index contributed by atoms with van der Waals surface area (Å²) in [6.45, 7) is 11.7. The average Bonchev–Trinajstić information content (AvgIpc) is 2.65. The minimum Gasteiger partial charge on any atom is -0.428 e. The maximum atomic E-state index is 13.6. The van der Waals surface area contributed by atoms with Gasteiger partial charge in [0.15, 0.2) is 8.15 Å². The molecule has 0 bridgehead atoms. The molecule has 0 amide bonds. The normalized spacial score (nSPS) is 11.8. The van der Waals surface area contributed by atoms with Crippen LogP contribution in [0, 0.1) is 41.5 Å². The first kappa shape index (κ1) is 21.9. The largest absolute Gasteiger partial charge is 0.428 e. The first-order chi connectivity index (χ1) is 14.2. The predicted molar refractivity (Wildman–Crippen MR) is 124 cm³/mol. The highest BCUT2D eigenvalue weighted by atomic mass is 31.1. The molecule has 0 saturated carbocycles. The van der Waals surface area contributed by atoms with Crippen molar-refractivity contribution in [3.63, 3.8) is 0 Å². The predicted octanol–water partition coefficient (Wildman–Crippen LogP) is 6.26. The van der Waals surface area contributed by atoms with Gasteiger partial charge in [0.1, 0.15) is 0 Å². The molecule has 154 valence electrons. The van der Waals surface area contributed by atoms with Crippen LogP contribution in [0.15, 0.2) is 54.6 Å². The molecule has 1 unspecified atom stereocenters. The van der Waals surface area contributed by atoms with Gasteiger partial charge in [-0.05, 0) is 63.8 Å². The van der Waals surface area contributed by atoms with E-state index < -0.39 is 14.1 Å². The molecular formula is C26H27O3P. The summed E-state index contributed by atoms with van der Waals surface area (Å²) < 4.78 is 5.96. The highest BCUT2D eigenvalue weighted by molar-refractivity contribution is 7.78. The average molecular weight is 418 g/mol. The summed E-state index contributed by atoms with van der Waals surface area (Å²) in [5.74, 6) is -0.448. The summed E-state index contributed by atoms with van der Waals surface area (Å²) in [5, 5.41) is 0.729. The molecule has 4 heteroatoms. The Bertz CT molecular complexity index is 1070. The topological polar surface area (TPSA) is 43.4 Å². The molecule has 0 aliphatic carbocycles. The van der Waals surface area contributed by atoms with Gasteiger partial charge in [-0.15, -0.1) is 0 Å². The summed E-state index contributed by atoms with van der Waals surface area (Å²) in [6, 6.07) is 17.2. The van der Waals surface area contributed by atoms with Gasteiger partial charge in [-0.2, -0.15) is 0 Å². The first-order valence-electron chi connectivity index (χ1n) is 9.96. The molecule has 3 rings (SSSR count). The monoisotopic (exact) mass is 418 g/mol. The Kier molecular flexibility index (Phi) is 6.53. The number of hydrogen-bond donors (Lipinski definition) is 0. The van der Waals surface area contributed by atoms with Gasteiger partial charge in [0.05, 0.1) is 5.56 Å². The van der Waals surface area contributed by atoms with Gasteiger partial charge in [0.25, 0.3) is 0 Å². The zero-order valence-electron chi connectivity index (χ0n) is 18.4. The maximum absolute atomic E-state index is 13.6. The van der Waals surface area contributed by atoms with Crippen molar-refractivity contribution >= 4 is 24.9 Å². The quantitative estimate of drug-likeness (QED) is 0.460. The third-order valence-corrected chi connectivity index (χ3v) is 6.83. The number of carbonyl (C=O) groups is 2. The Morgan fingerprint density at radius 1 is 0.667 bits per heavy atom. The van der Waals surface area contributed by atoms with Crippen LogP contribution in [0.1, 0.15) is 54.1 Å². The van der Waals surface area contributed by atoms with E-state index in [1.165, 1.54) is 0 Å². The highest BCUT2D eigenvalue weighted by Gasteiger charge is 2.30. The fourth-order valence-electron chi connectivity index (χ4n) is 4.02. The second kappa shape index (κ2) is 8.93. The number of rotatable bonds is 5. The van der Waals surface area contributed by atoms with E-state index in [4.69, 9.17) is 4.52 Å². The van der Waals surface area contributed by atoms with Crippen LogP contribution in [0.5, 0.6) is 0 Å². The Labute approximate surface area is 179 Å². The molecule has 30 heavy (non-hydrogen) atoms. The maximum Gasteiger partial charge on any atom is 0.342 e. The van der Waals surface area contributed by atoms with Crippen molar-refractivity contribution in [3.05, 3.63) is 99.1 Å². The van der Waals surface area contributed by atoms with Crippen molar-refractivity contribution in [1.29, 1.82) is 0 Å². The van der Waals surface area contributed by atoms with Crippen LogP contribution in [0.25, 0.3) is 0 Å². The molecule has 0 N–H and O–H groups in total. The van der Waals surface area contributed by atoms with E-state index in [-0.39, 0.29) is 5.52 Å². The van der Waals surface area contributed by atoms with Crippen molar-refractivity contribution in [1.82, 2.24) is 0 Å². The van der Waals surface area contributed by atoms with Crippen molar-refractivity contribution in [3.8, 4) is 0 Å². The standard InChI is InChI=1S/C26H27O3P/c1-16-12-18(3)23(19(4)13-16)25(27)29-30(22-10-8-7-9-11-22)26(28)24-20(5)14-17(2)15-21(24)6/h7-15H,1-6H3. The SMILES string of the molecule is Cc1cc(C)c(C(=O)OP(C(=O)c2c(C)cc(C)cc2C)c2ccccc2)c(C)c1. The van der Waals surface area contributed by atoms with Gasteiger partial charge < -0.3 is 4.52 Å². The third-order valence-electron chi connectivity index (χ3n) is 5.12. The van der Waals surface area contributed by atoms with Crippen LogP contribution in [-0.4, -0.2) is 11.5 Å². The van der Waals surface area contributed by atoms with Crippen LogP contribution in [-0.2, 0) is 4.52 Å². The number of benzene rings is 3. The lowest BCUT2D eigenvalue weighted by atomic mass is 10.0. The molecule has 3 nitrogen and oxygen atoms in total. The smallest absolute Gasteiger partial charge is 0.342 e. The Balaban J connectivity index is 2.05. The van der Waals surface area contributed by atoms with E-state index in [1.54, 1.807) is 0 Å². The molecule has 0 spiro atoms. The third kappa shape index (κ3) is 4.52. The van der Waals surface area contributed by atoms with Gasteiger partial charge in [-0.3, -0.25) is 4.79 Å². The lowest BCUT2D eigenvalue weighted by molar-refractivity contribution is 0.0746. The van der Waals surface area contributed by atoms with E-state index in [0.717, 1.165) is 38.7 Å². The molecule has 3 aromatic carbocycles. The van der Waals surface area contributed by atoms with E-state index in [1.807, 2.05) is 96.1 Å². The van der Waals surface area contributed by atoms with Crippen LogP contribution in [0.2, 0.25) is 0 Å². The Morgan fingerprint density at radius 2 is 1.10 bits per heavy atom. The molecule has 0 aliphatic heterocycles. The molecule has 0 saturated heterocycles. The fraction of sp³-hybridized carbons (Fsp3) is 0.231.